The van der Waals surface area contributed by atoms with Gasteiger partial charge in [0.15, 0.2) is 5.72 Å². The molecule has 1 fully saturated rings. The minimum atomic E-state index is -0.466. The molecule has 0 spiro atoms. The molecule has 0 saturated heterocycles. The van der Waals surface area contributed by atoms with Gasteiger partial charge in [0.25, 0.3) is 0 Å². The van der Waals surface area contributed by atoms with Crippen LogP contribution in [0.4, 0.5) is 0 Å². The lowest BCUT2D eigenvalue weighted by Gasteiger charge is -2.33. The Kier molecular flexibility index (Phi) is 3.17. The van der Waals surface area contributed by atoms with Crippen LogP contribution in [0, 0.1) is 0 Å². The summed E-state index contributed by atoms with van der Waals surface area (Å²) in [4.78, 5) is 0. The molecule has 0 amide bonds. The van der Waals surface area contributed by atoms with E-state index in [0.29, 0.717) is 0 Å². The second-order valence-electron chi connectivity index (χ2n) is 4.18. The van der Waals surface area contributed by atoms with Gasteiger partial charge in [-0.2, -0.15) is 0 Å². The van der Waals surface area contributed by atoms with Gasteiger partial charge in [0.2, 0.25) is 0 Å². The maximum atomic E-state index is 6.17. The van der Waals surface area contributed by atoms with E-state index in [1.54, 1.807) is 0 Å². The normalized spacial score (nSPS) is 19.9. The van der Waals surface area contributed by atoms with Crippen LogP contribution in [0.2, 0.25) is 5.02 Å². The molecule has 0 radical (unpaired) electrons. The molecule has 0 unspecified atom stereocenters. The van der Waals surface area contributed by atoms with E-state index in [-0.39, 0.29) is 0 Å². The zero-order chi connectivity index (χ0) is 10.7. The van der Waals surface area contributed by atoms with Crippen LogP contribution in [-0.2, 0) is 0 Å². The van der Waals surface area contributed by atoms with E-state index in [2.05, 4.69) is 0 Å². The summed E-state index contributed by atoms with van der Waals surface area (Å²) in [5, 5.41) is 0.720. The van der Waals surface area contributed by atoms with Crippen LogP contribution in [0.15, 0.2) is 24.3 Å². The summed E-state index contributed by atoms with van der Waals surface area (Å²) in [6.45, 7) is 0. The maximum Gasteiger partial charge on any atom is 0.158 e. The number of halogens is 1. The third kappa shape index (κ3) is 2.86. The molecule has 1 saturated carbocycles. The topological polar surface area (TPSA) is 35.2 Å². The van der Waals surface area contributed by atoms with Crippen LogP contribution in [-0.4, -0.2) is 5.72 Å². The summed E-state index contributed by atoms with van der Waals surface area (Å²) in [5.41, 5.74) is 5.71. The van der Waals surface area contributed by atoms with Gasteiger partial charge in [-0.05, 0) is 37.1 Å². The molecule has 1 aromatic carbocycles. The highest BCUT2D eigenvalue weighted by Crippen LogP contribution is 2.29. The molecule has 1 aliphatic carbocycles. The molecule has 3 heteroatoms. The van der Waals surface area contributed by atoms with Crippen molar-refractivity contribution in [3.63, 3.8) is 0 Å². The predicted octanol–water partition coefficient (Wildman–Crippen LogP) is 3.34. The van der Waals surface area contributed by atoms with E-state index < -0.39 is 5.72 Å². The van der Waals surface area contributed by atoms with Gasteiger partial charge in [0.05, 0.1) is 0 Å². The van der Waals surface area contributed by atoms with Crippen molar-refractivity contribution in [2.45, 2.75) is 37.8 Å². The molecular weight excluding hydrogens is 210 g/mol. The summed E-state index contributed by atoms with van der Waals surface area (Å²) in [5.74, 6) is 0.809. The minimum absolute atomic E-state index is 0.466. The van der Waals surface area contributed by atoms with E-state index >= 15 is 0 Å². The second-order valence-corrected chi connectivity index (χ2v) is 4.62. The van der Waals surface area contributed by atoms with Crippen molar-refractivity contribution >= 4 is 11.6 Å². The smallest absolute Gasteiger partial charge is 0.158 e. The summed E-state index contributed by atoms with van der Waals surface area (Å²) >= 11 is 5.80. The molecule has 82 valence electrons. The van der Waals surface area contributed by atoms with Crippen molar-refractivity contribution in [2.75, 3.05) is 0 Å². The molecule has 2 N–H and O–H groups in total. The fourth-order valence-corrected chi connectivity index (χ4v) is 2.12. The number of hydrogen-bond acceptors (Lipinski definition) is 2. The zero-order valence-electron chi connectivity index (χ0n) is 8.71. The monoisotopic (exact) mass is 225 g/mol. The van der Waals surface area contributed by atoms with E-state index in [1.165, 1.54) is 6.42 Å². The number of nitrogens with two attached hydrogens (primary N) is 1. The van der Waals surface area contributed by atoms with Gasteiger partial charge in [0, 0.05) is 17.9 Å². The summed E-state index contributed by atoms with van der Waals surface area (Å²) < 4.78 is 5.82. The molecule has 2 rings (SSSR count). The molecule has 0 bridgehead atoms. The molecule has 0 aromatic heterocycles. The average molecular weight is 226 g/mol. The van der Waals surface area contributed by atoms with E-state index in [1.807, 2.05) is 24.3 Å². The van der Waals surface area contributed by atoms with Gasteiger partial charge >= 0.3 is 0 Å². The fourth-order valence-electron chi connectivity index (χ4n) is 1.99. The Morgan fingerprint density at radius 1 is 1.07 bits per heavy atom. The zero-order valence-corrected chi connectivity index (χ0v) is 9.46. The second kappa shape index (κ2) is 4.42. The Morgan fingerprint density at radius 3 is 2.27 bits per heavy atom. The van der Waals surface area contributed by atoms with Gasteiger partial charge < -0.3 is 4.74 Å². The van der Waals surface area contributed by atoms with E-state index in [9.17, 15) is 0 Å². The van der Waals surface area contributed by atoms with Crippen LogP contribution in [0.1, 0.15) is 32.1 Å². The summed E-state index contributed by atoms with van der Waals surface area (Å²) in [6.07, 6.45) is 5.46. The molecule has 0 atom stereocenters. The van der Waals surface area contributed by atoms with Crippen LogP contribution in [0.3, 0.4) is 0 Å². The van der Waals surface area contributed by atoms with Crippen molar-refractivity contribution in [1.29, 1.82) is 0 Å². The standard InChI is InChI=1S/C12H16ClNO/c13-10-4-6-11(7-5-10)15-12(14)8-2-1-3-9-12/h4-7H,1-3,8-9,14H2. The van der Waals surface area contributed by atoms with Crippen LogP contribution >= 0.6 is 11.6 Å². The molecular formula is C12H16ClNO. The largest absolute Gasteiger partial charge is 0.473 e. The van der Waals surface area contributed by atoms with Gasteiger partial charge in [-0.15, -0.1) is 0 Å². The molecule has 2 nitrogen and oxygen atoms in total. The fraction of sp³-hybridized carbons (Fsp3) is 0.500. The first-order valence-electron chi connectivity index (χ1n) is 5.41. The average Bonchev–Trinajstić information content (AvgIpc) is 2.22. The Hall–Kier alpha value is -0.730. The van der Waals surface area contributed by atoms with Crippen LogP contribution in [0.5, 0.6) is 5.75 Å². The highest BCUT2D eigenvalue weighted by atomic mass is 35.5. The number of ether oxygens (including phenoxy) is 1. The van der Waals surface area contributed by atoms with Gasteiger partial charge in [-0.1, -0.05) is 18.0 Å². The molecule has 1 aliphatic rings. The van der Waals surface area contributed by atoms with Crippen molar-refractivity contribution in [3.8, 4) is 5.75 Å². The van der Waals surface area contributed by atoms with Gasteiger partial charge in [-0.3, -0.25) is 5.73 Å². The van der Waals surface area contributed by atoms with Crippen molar-refractivity contribution in [3.05, 3.63) is 29.3 Å². The van der Waals surface area contributed by atoms with Crippen molar-refractivity contribution in [2.24, 2.45) is 5.73 Å². The quantitative estimate of drug-likeness (QED) is 0.784. The highest BCUT2D eigenvalue weighted by Gasteiger charge is 2.29. The first kappa shape index (κ1) is 10.8. The summed E-state index contributed by atoms with van der Waals surface area (Å²) in [7, 11) is 0. The predicted molar refractivity (Wildman–Crippen MR) is 62.1 cm³/mol. The lowest BCUT2D eigenvalue weighted by molar-refractivity contribution is 0.0365. The summed E-state index contributed by atoms with van der Waals surface area (Å²) in [6, 6.07) is 7.38. The first-order chi connectivity index (χ1) is 7.18. The third-order valence-corrected chi connectivity index (χ3v) is 3.09. The van der Waals surface area contributed by atoms with Crippen LogP contribution in [0.25, 0.3) is 0 Å². The van der Waals surface area contributed by atoms with Gasteiger partial charge in [0.1, 0.15) is 5.75 Å². The van der Waals surface area contributed by atoms with Crippen molar-refractivity contribution < 1.29 is 4.74 Å². The molecule has 0 heterocycles. The van der Waals surface area contributed by atoms with Crippen molar-refractivity contribution in [1.82, 2.24) is 0 Å². The Bertz CT molecular complexity index is 317. The van der Waals surface area contributed by atoms with E-state index in [4.69, 9.17) is 22.1 Å². The minimum Gasteiger partial charge on any atom is -0.473 e. The third-order valence-electron chi connectivity index (χ3n) is 2.83. The highest BCUT2D eigenvalue weighted by molar-refractivity contribution is 6.30. The Labute approximate surface area is 95.4 Å². The lowest BCUT2D eigenvalue weighted by atomic mass is 9.92. The Morgan fingerprint density at radius 2 is 1.67 bits per heavy atom. The van der Waals surface area contributed by atoms with Gasteiger partial charge in [-0.25, -0.2) is 0 Å². The number of rotatable bonds is 2. The van der Waals surface area contributed by atoms with E-state index in [0.717, 1.165) is 36.5 Å². The maximum absolute atomic E-state index is 6.17. The SMILES string of the molecule is NC1(Oc2ccc(Cl)cc2)CCCCC1. The lowest BCUT2D eigenvalue weighted by Crippen LogP contribution is -2.47. The van der Waals surface area contributed by atoms with Crippen LogP contribution < -0.4 is 10.5 Å². The number of benzene rings is 1. The molecule has 1 aromatic rings. The molecule has 0 aliphatic heterocycles. The number of hydrogen-bond donors (Lipinski definition) is 1. The molecule has 15 heavy (non-hydrogen) atoms. The first-order valence-corrected chi connectivity index (χ1v) is 5.79. The Balaban J connectivity index is 2.03.